The molecule has 9 nitrogen and oxygen atoms in total. The summed E-state index contributed by atoms with van der Waals surface area (Å²) in [4.78, 5) is 36.7. The number of pyridine rings is 2. The van der Waals surface area contributed by atoms with Crippen LogP contribution in [0.5, 0.6) is 11.6 Å². The van der Waals surface area contributed by atoms with Gasteiger partial charge in [0.1, 0.15) is 30.0 Å². The van der Waals surface area contributed by atoms with Crippen LogP contribution in [-0.2, 0) is 9.59 Å². The fourth-order valence-electron chi connectivity index (χ4n) is 4.92. The van der Waals surface area contributed by atoms with Crippen molar-refractivity contribution in [1.29, 1.82) is 0 Å². The molecule has 1 atom stereocenters. The summed E-state index contributed by atoms with van der Waals surface area (Å²) >= 11 is 0. The highest BCUT2D eigenvalue weighted by Crippen LogP contribution is 2.44. The fourth-order valence-corrected chi connectivity index (χ4v) is 4.92. The maximum Gasteiger partial charge on any atom is 0.238 e. The smallest absolute Gasteiger partial charge is 0.238 e. The Bertz CT molecular complexity index is 1360. The largest absolute Gasteiger partial charge is 0.485 e. The van der Waals surface area contributed by atoms with Crippen LogP contribution in [0.3, 0.4) is 0 Å². The SMILES string of the molecule is CC(=O)N1CCOc2ncc(Nc3cc4c(cn3)-c3ccc(N5CCCC5=O)cc3OC4C)cc21. The third-order valence-corrected chi connectivity index (χ3v) is 6.65. The van der Waals surface area contributed by atoms with Crippen molar-refractivity contribution >= 4 is 34.7 Å². The van der Waals surface area contributed by atoms with E-state index < -0.39 is 0 Å². The van der Waals surface area contributed by atoms with E-state index in [0.29, 0.717) is 42.6 Å². The van der Waals surface area contributed by atoms with E-state index in [-0.39, 0.29) is 17.9 Å². The lowest BCUT2D eigenvalue weighted by molar-refractivity contribution is -0.117. The molecule has 5 heterocycles. The van der Waals surface area contributed by atoms with E-state index in [1.165, 1.54) is 6.92 Å². The third kappa shape index (κ3) is 3.73. The molecule has 0 spiro atoms. The van der Waals surface area contributed by atoms with Crippen LogP contribution in [0.25, 0.3) is 11.1 Å². The number of hydrogen-bond acceptors (Lipinski definition) is 7. The van der Waals surface area contributed by atoms with Gasteiger partial charge in [0, 0.05) is 54.5 Å². The molecular formula is C26H25N5O4. The number of aromatic nitrogens is 2. The van der Waals surface area contributed by atoms with Gasteiger partial charge in [0.2, 0.25) is 17.7 Å². The number of hydrogen-bond donors (Lipinski definition) is 1. The van der Waals surface area contributed by atoms with E-state index in [4.69, 9.17) is 9.47 Å². The number of fused-ring (bicyclic) bond motifs is 4. The van der Waals surface area contributed by atoms with Gasteiger partial charge in [-0.3, -0.25) is 9.59 Å². The molecule has 3 aliphatic rings. The second kappa shape index (κ2) is 8.26. The number of ether oxygens (including phenoxy) is 2. The molecule has 0 radical (unpaired) electrons. The van der Waals surface area contributed by atoms with E-state index in [0.717, 1.165) is 41.1 Å². The quantitative estimate of drug-likeness (QED) is 0.611. The van der Waals surface area contributed by atoms with Crippen molar-refractivity contribution in [3.63, 3.8) is 0 Å². The van der Waals surface area contributed by atoms with Gasteiger partial charge in [-0.2, -0.15) is 0 Å². The maximum atomic E-state index is 12.2. The summed E-state index contributed by atoms with van der Waals surface area (Å²) in [5.41, 5.74) is 5.19. The first-order chi connectivity index (χ1) is 17.0. The molecule has 1 aromatic carbocycles. The molecule has 9 heteroatoms. The molecule has 3 aliphatic heterocycles. The van der Waals surface area contributed by atoms with Crippen LogP contribution in [0.2, 0.25) is 0 Å². The van der Waals surface area contributed by atoms with Crippen LogP contribution < -0.4 is 24.6 Å². The normalized spacial score (nSPS) is 18.2. The maximum absolute atomic E-state index is 12.2. The Kier molecular flexibility index (Phi) is 5.05. The van der Waals surface area contributed by atoms with E-state index in [1.54, 1.807) is 11.1 Å². The van der Waals surface area contributed by atoms with Gasteiger partial charge in [-0.15, -0.1) is 0 Å². The molecule has 1 N–H and O–H groups in total. The zero-order valence-electron chi connectivity index (χ0n) is 19.6. The monoisotopic (exact) mass is 471 g/mol. The van der Waals surface area contributed by atoms with Crippen molar-refractivity contribution in [3.05, 3.63) is 48.3 Å². The molecule has 1 unspecified atom stereocenters. The Morgan fingerprint density at radius 2 is 2.00 bits per heavy atom. The van der Waals surface area contributed by atoms with Crippen molar-refractivity contribution < 1.29 is 19.1 Å². The molecule has 0 aliphatic carbocycles. The molecule has 3 aromatic rings. The minimum Gasteiger partial charge on any atom is -0.485 e. The average molecular weight is 472 g/mol. The molecule has 0 bridgehead atoms. The summed E-state index contributed by atoms with van der Waals surface area (Å²) in [5, 5.41) is 3.29. The van der Waals surface area contributed by atoms with Crippen molar-refractivity contribution in [2.24, 2.45) is 0 Å². The summed E-state index contributed by atoms with van der Waals surface area (Å²) in [6.07, 6.45) is 4.80. The van der Waals surface area contributed by atoms with E-state index in [1.807, 2.05) is 48.4 Å². The van der Waals surface area contributed by atoms with Gasteiger partial charge in [0.25, 0.3) is 0 Å². The number of rotatable bonds is 3. The van der Waals surface area contributed by atoms with Crippen LogP contribution in [0, 0.1) is 0 Å². The van der Waals surface area contributed by atoms with Crippen molar-refractivity contribution in [2.75, 3.05) is 34.8 Å². The lowest BCUT2D eigenvalue weighted by Crippen LogP contribution is -2.36. The Labute approximate surface area is 202 Å². The zero-order valence-corrected chi connectivity index (χ0v) is 19.6. The highest BCUT2D eigenvalue weighted by Gasteiger charge is 2.28. The van der Waals surface area contributed by atoms with Gasteiger partial charge in [-0.05, 0) is 37.6 Å². The molecule has 6 rings (SSSR count). The van der Waals surface area contributed by atoms with Gasteiger partial charge >= 0.3 is 0 Å². The first kappa shape index (κ1) is 21.4. The molecule has 2 amide bonds. The topological polar surface area (TPSA) is 96.9 Å². The third-order valence-electron chi connectivity index (χ3n) is 6.65. The van der Waals surface area contributed by atoms with E-state index in [2.05, 4.69) is 15.3 Å². The van der Waals surface area contributed by atoms with Crippen LogP contribution in [0.1, 0.15) is 38.4 Å². The number of amides is 2. The highest BCUT2D eigenvalue weighted by molar-refractivity contribution is 5.96. The minimum atomic E-state index is -0.186. The van der Waals surface area contributed by atoms with Gasteiger partial charge in [0.15, 0.2) is 0 Å². The van der Waals surface area contributed by atoms with Crippen molar-refractivity contribution in [3.8, 4) is 22.8 Å². The summed E-state index contributed by atoms with van der Waals surface area (Å²) in [6, 6.07) is 9.74. The Hall–Kier alpha value is -4.14. The lowest BCUT2D eigenvalue weighted by Gasteiger charge is -2.29. The van der Waals surface area contributed by atoms with E-state index in [9.17, 15) is 9.59 Å². The van der Waals surface area contributed by atoms with Crippen LogP contribution in [-0.4, -0.2) is 41.5 Å². The summed E-state index contributed by atoms with van der Waals surface area (Å²) in [5.74, 6) is 1.95. The van der Waals surface area contributed by atoms with Gasteiger partial charge in [-0.25, -0.2) is 9.97 Å². The lowest BCUT2D eigenvalue weighted by atomic mass is 9.94. The number of benzene rings is 1. The first-order valence-corrected chi connectivity index (χ1v) is 11.8. The Morgan fingerprint density at radius 1 is 1.11 bits per heavy atom. The number of nitrogens with one attached hydrogen (secondary N) is 1. The second-order valence-electron chi connectivity index (χ2n) is 8.94. The average Bonchev–Trinajstić information content (AvgIpc) is 3.29. The molecule has 1 saturated heterocycles. The molecule has 178 valence electrons. The van der Waals surface area contributed by atoms with E-state index >= 15 is 0 Å². The molecule has 1 fully saturated rings. The Balaban J connectivity index is 1.29. The number of carbonyl (C=O) groups excluding carboxylic acids is 2. The summed E-state index contributed by atoms with van der Waals surface area (Å²) in [7, 11) is 0. The van der Waals surface area contributed by atoms with Crippen molar-refractivity contribution in [2.45, 2.75) is 32.8 Å². The predicted molar refractivity (Wildman–Crippen MR) is 131 cm³/mol. The number of nitrogens with zero attached hydrogens (tertiary/aromatic N) is 4. The minimum absolute atomic E-state index is 0.0534. The number of anilines is 4. The van der Waals surface area contributed by atoms with Gasteiger partial charge in [-0.1, -0.05) is 0 Å². The van der Waals surface area contributed by atoms with Crippen LogP contribution in [0.4, 0.5) is 22.9 Å². The van der Waals surface area contributed by atoms with Crippen LogP contribution in [0.15, 0.2) is 42.7 Å². The van der Waals surface area contributed by atoms with Gasteiger partial charge < -0.3 is 24.6 Å². The fraction of sp³-hybridized carbons (Fsp3) is 0.308. The molecule has 0 saturated carbocycles. The molecule has 2 aromatic heterocycles. The van der Waals surface area contributed by atoms with Crippen LogP contribution >= 0.6 is 0 Å². The summed E-state index contributed by atoms with van der Waals surface area (Å²) in [6.45, 7) is 5.20. The van der Waals surface area contributed by atoms with Gasteiger partial charge in [0.05, 0.1) is 18.4 Å². The second-order valence-corrected chi connectivity index (χ2v) is 8.94. The highest BCUT2D eigenvalue weighted by atomic mass is 16.5. The molecular weight excluding hydrogens is 446 g/mol. The summed E-state index contributed by atoms with van der Waals surface area (Å²) < 4.78 is 11.8. The predicted octanol–water partition coefficient (Wildman–Crippen LogP) is 4.21. The number of carbonyl (C=O) groups is 2. The zero-order chi connectivity index (χ0) is 24.1. The first-order valence-electron chi connectivity index (χ1n) is 11.8. The Morgan fingerprint density at radius 3 is 2.80 bits per heavy atom. The standard InChI is InChI=1S/C26H25N5O4/c1-15-20-12-24(29-17-10-22-26(28-13-17)34-9-8-30(22)16(2)32)27-14-21(20)19-6-5-18(11-23(19)35-15)31-7-3-4-25(31)33/h5-6,10-15H,3-4,7-9H2,1-2H3,(H,27,29). The van der Waals surface area contributed by atoms with Crippen molar-refractivity contribution in [1.82, 2.24) is 9.97 Å². The molecule has 35 heavy (non-hydrogen) atoms.